The van der Waals surface area contributed by atoms with Gasteiger partial charge in [0.05, 0.1) is 11.4 Å². The van der Waals surface area contributed by atoms with Crippen LogP contribution in [-0.2, 0) is 22.6 Å². The Morgan fingerprint density at radius 1 is 0.829 bits per heavy atom. The van der Waals surface area contributed by atoms with E-state index in [1.54, 1.807) is 87.8 Å². The third-order valence-corrected chi connectivity index (χ3v) is 4.56. The molecule has 0 atom stereocenters. The van der Waals surface area contributed by atoms with Gasteiger partial charge in [0.1, 0.15) is 12.2 Å². The summed E-state index contributed by atoms with van der Waals surface area (Å²) in [6, 6.07) is 17.2. The number of hydrogen-bond acceptors (Lipinski definition) is 6. The minimum Gasteiger partial charge on any atom is -0.445 e. The van der Waals surface area contributed by atoms with Crippen LogP contribution in [-0.4, -0.2) is 28.7 Å². The highest BCUT2D eigenvalue weighted by atomic mass is 16.6. The molecular formula is C26H28N4O5. The van der Waals surface area contributed by atoms with Gasteiger partial charge in [-0.05, 0) is 56.7 Å². The third-order valence-electron chi connectivity index (χ3n) is 4.56. The molecule has 0 bridgehead atoms. The SMILES string of the molecule is CC(C)(C)OC(=O)Nc1ccccc1NC(=O)c1ccc(CNC(=O)OCc2cccnc2)cc1. The van der Waals surface area contributed by atoms with Crippen LogP contribution in [0.1, 0.15) is 42.3 Å². The normalized spacial score (nSPS) is 10.7. The van der Waals surface area contributed by atoms with Gasteiger partial charge in [-0.3, -0.25) is 15.1 Å². The minimum absolute atomic E-state index is 0.128. The van der Waals surface area contributed by atoms with Gasteiger partial charge in [-0.25, -0.2) is 9.59 Å². The lowest BCUT2D eigenvalue weighted by Gasteiger charge is -2.20. The summed E-state index contributed by atoms with van der Waals surface area (Å²) in [6.45, 7) is 5.68. The number of pyridine rings is 1. The number of para-hydroxylation sites is 2. The number of nitrogens with one attached hydrogen (secondary N) is 3. The second-order valence-corrected chi connectivity index (χ2v) is 8.61. The highest BCUT2D eigenvalue weighted by Crippen LogP contribution is 2.23. The van der Waals surface area contributed by atoms with Crippen molar-refractivity contribution in [2.45, 2.75) is 39.5 Å². The van der Waals surface area contributed by atoms with Crippen molar-refractivity contribution in [3.05, 3.63) is 89.7 Å². The molecule has 182 valence electrons. The van der Waals surface area contributed by atoms with Crippen LogP contribution >= 0.6 is 0 Å². The quantitative estimate of drug-likeness (QED) is 0.436. The predicted molar refractivity (Wildman–Crippen MR) is 132 cm³/mol. The molecular weight excluding hydrogens is 448 g/mol. The third kappa shape index (κ3) is 8.47. The summed E-state index contributed by atoms with van der Waals surface area (Å²) in [7, 11) is 0. The van der Waals surface area contributed by atoms with E-state index in [0.29, 0.717) is 16.9 Å². The van der Waals surface area contributed by atoms with Crippen LogP contribution in [0.2, 0.25) is 0 Å². The molecule has 0 spiro atoms. The maximum Gasteiger partial charge on any atom is 0.412 e. The van der Waals surface area contributed by atoms with Gasteiger partial charge in [0.2, 0.25) is 0 Å². The van der Waals surface area contributed by atoms with E-state index in [0.717, 1.165) is 11.1 Å². The largest absolute Gasteiger partial charge is 0.445 e. The molecule has 0 fully saturated rings. The summed E-state index contributed by atoms with van der Waals surface area (Å²) < 4.78 is 10.4. The van der Waals surface area contributed by atoms with E-state index in [9.17, 15) is 14.4 Å². The minimum atomic E-state index is -0.644. The van der Waals surface area contributed by atoms with Crippen molar-refractivity contribution in [3.8, 4) is 0 Å². The summed E-state index contributed by atoms with van der Waals surface area (Å²) in [5, 5.41) is 8.11. The molecule has 0 unspecified atom stereocenters. The van der Waals surface area contributed by atoms with Crippen molar-refractivity contribution < 1.29 is 23.9 Å². The Balaban J connectivity index is 1.52. The number of aromatic nitrogens is 1. The van der Waals surface area contributed by atoms with Crippen molar-refractivity contribution in [1.82, 2.24) is 10.3 Å². The smallest absolute Gasteiger partial charge is 0.412 e. The Bertz CT molecular complexity index is 1160. The molecule has 1 heterocycles. The lowest BCUT2D eigenvalue weighted by molar-refractivity contribution is 0.0635. The molecule has 3 amide bonds. The van der Waals surface area contributed by atoms with Gasteiger partial charge >= 0.3 is 12.2 Å². The molecule has 9 nitrogen and oxygen atoms in total. The predicted octanol–water partition coefficient (Wildman–Crippen LogP) is 5.11. The molecule has 3 N–H and O–H groups in total. The second kappa shape index (κ2) is 11.6. The molecule has 0 saturated heterocycles. The first kappa shape index (κ1) is 25.2. The molecule has 1 aromatic heterocycles. The van der Waals surface area contributed by atoms with Crippen molar-refractivity contribution in [2.24, 2.45) is 0 Å². The molecule has 2 aromatic carbocycles. The number of rotatable bonds is 7. The van der Waals surface area contributed by atoms with E-state index in [-0.39, 0.29) is 19.1 Å². The van der Waals surface area contributed by atoms with Gasteiger partial charge < -0.3 is 20.1 Å². The molecule has 35 heavy (non-hydrogen) atoms. The molecule has 0 aliphatic carbocycles. The van der Waals surface area contributed by atoms with Crippen molar-refractivity contribution in [1.29, 1.82) is 0 Å². The number of ether oxygens (including phenoxy) is 2. The van der Waals surface area contributed by atoms with Crippen LogP contribution in [0.4, 0.5) is 21.0 Å². The lowest BCUT2D eigenvalue weighted by Crippen LogP contribution is -2.27. The zero-order valence-corrected chi connectivity index (χ0v) is 19.8. The fourth-order valence-electron chi connectivity index (χ4n) is 2.94. The number of carbonyl (C=O) groups excluding carboxylic acids is 3. The molecule has 0 aliphatic rings. The fraction of sp³-hybridized carbons (Fsp3) is 0.231. The monoisotopic (exact) mass is 476 g/mol. The van der Waals surface area contributed by atoms with Gasteiger partial charge in [0, 0.05) is 30.1 Å². The van der Waals surface area contributed by atoms with E-state index in [1.807, 2.05) is 6.07 Å². The van der Waals surface area contributed by atoms with Crippen LogP contribution in [0.5, 0.6) is 0 Å². The van der Waals surface area contributed by atoms with E-state index in [1.165, 1.54) is 0 Å². The van der Waals surface area contributed by atoms with Gasteiger partial charge in [0.25, 0.3) is 5.91 Å². The van der Waals surface area contributed by atoms with Gasteiger partial charge in [-0.15, -0.1) is 0 Å². The number of alkyl carbamates (subject to hydrolysis) is 1. The molecule has 9 heteroatoms. The second-order valence-electron chi connectivity index (χ2n) is 8.61. The summed E-state index contributed by atoms with van der Waals surface area (Å²) in [6.07, 6.45) is 2.11. The van der Waals surface area contributed by atoms with Gasteiger partial charge in [-0.2, -0.15) is 0 Å². The summed E-state index contributed by atoms with van der Waals surface area (Å²) >= 11 is 0. The first-order chi connectivity index (χ1) is 16.7. The number of benzene rings is 2. The summed E-state index contributed by atoms with van der Waals surface area (Å²) in [5.74, 6) is -0.348. The Morgan fingerprint density at radius 3 is 2.14 bits per heavy atom. The molecule has 0 aliphatic heterocycles. The topological polar surface area (TPSA) is 119 Å². The Labute approximate surface area is 203 Å². The van der Waals surface area contributed by atoms with Gasteiger partial charge in [-0.1, -0.05) is 30.3 Å². The first-order valence-corrected chi connectivity index (χ1v) is 11.0. The summed E-state index contributed by atoms with van der Waals surface area (Å²) in [4.78, 5) is 40.7. The highest BCUT2D eigenvalue weighted by molar-refractivity contribution is 6.06. The van der Waals surface area contributed by atoms with Crippen molar-refractivity contribution >= 4 is 29.5 Å². The van der Waals surface area contributed by atoms with Crippen LogP contribution in [0, 0.1) is 0 Å². The lowest BCUT2D eigenvalue weighted by atomic mass is 10.1. The standard InChI is InChI=1S/C26H28N4O5/c1-26(2,3)35-25(33)30-22-9-5-4-8-21(22)29-23(31)20-12-10-18(11-13-20)16-28-24(32)34-17-19-7-6-14-27-15-19/h4-15H,16-17H2,1-3H3,(H,28,32)(H,29,31)(H,30,33). The molecule has 3 rings (SSSR count). The van der Waals surface area contributed by atoms with Crippen molar-refractivity contribution in [3.63, 3.8) is 0 Å². The van der Waals surface area contributed by atoms with Gasteiger partial charge in [0.15, 0.2) is 0 Å². The van der Waals surface area contributed by atoms with Crippen LogP contribution in [0.25, 0.3) is 0 Å². The summed E-state index contributed by atoms with van der Waals surface area (Å²) in [5.41, 5.74) is 2.22. The fourth-order valence-corrected chi connectivity index (χ4v) is 2.94. The molecule has 0 saturated carbocycles. The average Bonchev–Trinajstić information content (AvgIpc) is 2.82. The zero-order valence-electron chi connectivity index (χ0n) is 19.8. The number of nitrogens with zero attached hydrogens (tertiary/aromatic N) is 1. The number of amides is 3. The molecule has 0 radical (unpaired) electrons. The zero-order chi connectivity index (χ0) is 25.3. The van der Waals surface area contributed by atoms with E-state index in [2.05, 4.69) is 20.9 Å². The maximum absolute atomic E-state index is 12.7. The number of hydrogen-bond donors (Lipinski definition) is 3. The van der Waals surface area contributed by atoms with Crippen LogP contribution < -0.4 is 16.0 Å². The number of carbonyl (C=O) groups is 3. The average molecular weight is 477 g/mol. The van der Waals surface area contributed by atoms with E-state index < -0.39 is 17.8 Å². The molecule has 3 aromatic rings. The van der Waals surface area contributed by atoms with Crippen LogP contribution in [0.3, 0.4) is 0 Å². The van der Waals surface area contributed by atoms with E-state index in [4.69, 9.17) is 9.47 Å². The van der Waals surface area contributed by atoms with Crippen molar-refractivity contribution in [2.75, 3.05) is 10.6 Å². The van der Waals surface area contributed by atoms with E-state index >= 15 is 0 Å². The maximum atomic E-state index is 12.7. The highest BCUT2D eigenvalue weighted by Gasteiger charge is 2.18. The Morgan fingerprint density at radius 2 is 1.51 bits per heavy atom. The van der Waals surface area contributed by atoms with Crippen LogP contribution in [0.15, 0.2) is 73.1 Å². The first-order valence-electron chi connectivity index (χ1n) is 11.0. The number of anilines is 2. The Hall–Kier alpha value is -4.40. The Kier molecular flexibility index (Phi) is 8.39.